The van der Waals surface area contributed by atoms with E-state index < -0.39 is 0 Å². The van der Waals surface area contributed by atoms with Gasteiger partial charge >= 0.3 is 5.97 Å². The Labute approximate surface area is 137 Å². The molecule has 2 rings (SSSR count). The number of methoxy groups -OCH3 is 1. The molecule has 0 aliphatic carbocycles. The second-order valence-electron chi connectivity index (χ2n) is 5.83. The predicted molar refractivity (Wildman–Crippen MR) is 92.1 cm³/mol. The molecule has 0 atom stereocenters. The van der Waals surface area contributed by atoms with E-state index in [-0.39, 0.29) is 5.97 Å². The van der Waals surface area contributed by atoms with Crippen LogP contribution in [0.25, 0.3) is 5.57 Å². The fraction of sp³-hybridized carbons (Fsp3) is 0.588. The highest BCUT2D eigenvalue weighted by atomic mass is 32.1. The lowest BCUT2D eigenvalue weighted by molar-refractivity contribution is 0.0178. The number of rotatable bonds is 4. The van der Waals surface area contributed by atoms with Crippen LogP contribution in [0.5, 0.6) is 0 Å². The summed E-state index contributed by atoms with van der Waals surface area (Å²) < 4.78 is 4.87. The summed E-state index contributed by atoms with van der Waals surface area (Å²) in [6, 6.07) is 0. The first-order valence-electron chi connectivity index (χ1n) is 7.79. The van der Waals surface area contributed by atoms with Gasteiger partial charge in [0.2, 0.25) is 0 Å². The molecule has 0 N–H and O–H groups in total. The molecule has 0 aromatic carbocycles. The van der Waals surface area contributed by atoms with E-state index in [0.29, 0.717) is 5.56 Å². The van der Waals surface area contributed by atoms with Gasteiger partial charge in [-0.1, -0.05) is 12.5 Å². The lowest BCUT2D eigenvalue weighted by Crippen LogP contribution is -2.41. The Morgan fingerprint density at radius 1 is 1.36 bits per heavy atom. The van der Waals surface area contributed by atoms with Crippen molar-refractivity contribution < 1.29 is 9.53 Å². The van der Waals surface area contributed by atoms with Crippen molar-refractivity contribution in [3.63, 3.8) is 0 Å². The Bertz CT molecular complexity index is 565. The number of piperidine rings is 1. The number of hydrazine groups is 1. The minimum atomic E-state index is -0.233. The summed E-state index contributed by atoms with van der Waals surface area (Å²) in [5, 5.41) is 6.48. The van der Waals surface area contributed by atoms with Crippen molar-refractivity contribution in [1.29, 1.82) is 0 Å². The number of nitrogens with zero attached hydrogens (tertiary/aromatic N) is 2. The minimum Gasteiger partial charge on any atom is -0.465 e. The third kappa shape index (κ3) is 3.42. The number of thiophene rings is 1. The molecule has 1 aliphatic heterocycles. The van der Waals surface area contributed by atoms with Crippen LogP contribution in [-0.4, -0.2) is 50.3 Å². The summed E-state index contributed by atoms with van der Waals surface area (Å²) in [6.45, 7) is 6.38. The Balaban J connectivity index is 2.28. The first-order chi connectivity index (χ1) is 10.5. The van der Waals surface area contributed by atoms with Crippen LogP contribution < -0.4 is 0 Å². The minimum absolute atomic E-state index is 0.233. The summed E-state index contributed by atoms with van der Waals surface area (Å²) in [5.74, 6) is -0.233. The zero-order chi connectivity index (χ0) is 16.3. The summed E-state index contributed by atoms with van der Waals surface area (Å²) in [4.78, 5) is 13.1. The second kappa shape index (κ2) is 7.40. The fourth-order valence-electron chi connectivity index (χ4n) is 3.06. The maximum atomic E-state index is 11.8. The van der Waals surface area contributed by atoms with E-state index in [9.17, 15) is 4.79 Å². The van der Waals surface area contributed by atoms with Crippen LogP contribution in [0.1, 0.15) is 47.0 Å². The van der Waals surface area contributed by atoms with Crippen molar-refractivity contribution in [3.8, 4) is 0 Å². The zero-order valence-corrected chi connectivity index (χ0v) is 15.0. The largest absolute Gasteiger partial charge is 0.465 e. The monoisotopic (exact) mass is 322 g/mol. The smallest absolute Gasteiger partial charge is 0.338 e. The number of esters is 1. The van der Waals surface area contributed by atoms with Crippen LogP contribution in [0.2, 0.25) is 0 Å². The van der Waals surface area contributed by atoms with Crippen molar-refractivity contribution in [2.24, 2.45) is 0 Å². The van der Waals surface area contributed by atoms with E-state index in [1.807, 2.05) is 12.3 Å². The molecular formula is C17H26N2O2S. The number of hydrogen-bond donors (Lipinski definition) is 0. The standard InChI is InChI=1S/C17H26N2O2S/c1-6-14(13-7-9-19(10-8-13)18(3)4)16-12(2)15(11-22-16)17(20)21-5/h11H,6-10H2,1-5H3. The number of allylic oxidation sites excluding steroid dienone is 1. The Kier molecular flexibility index (Phi) is 5.78. The number of carbonyl (C=O) groups excluding carboxylic acids is 1. The third-order valence-corrected chi connectivity index (χ3v) is 5.55. The van der Waals surface area contributed by atoms with Crippen LogP contribution in [0.4, 0.5) is 0 Å². The molecule has 1 saturated heterocycles. The van der Waals surface area contributed by atoms with Gasteiger partial charge in [-0.15, -0.1) is 11.3 Å². The van der Waals surface area contributed by atoms with E-state index in [4.69, 9.17) is 4.74 Å². The molecule has 4 nitrogen and oxygen atoms in total. The molecular weight excluding hydrogens is 296 g/mol. The van der Waals surface area contributed by atoms with Gasteiger partial charge in [-0.25, -0.2) is 14.8 Å². The van der Waals surface area contributed by atoms with Gasteiger partial charge in [0.05, 0.1) is 12.7 Å². The summed E-state index contributed by atoms with van der Waals surface area (Å²) in [5.41, 5.74) is 4.74. The molecule has 0 saturated carbocycles. The Morgan fingerprint density at radius 2 is 2.00 bits per heavy atom. The van der Waals surface area contributed by atoms with Crippen molar-refractivity contribution >= 4 is 22.9 Å². The molecule has 122 valence electrons. The van der Waals surface area contributed by atoms with Gasteiger partial charge in [-0.3, -0.25) is 0 Å². The van der Waals surface area contributed by atoms with Crippen molar-refractivity contribution in [2.45, 2.75) is 33.1 Å². The first-order valence-corrected chi connectivity index (χ1v) is 8.67. The predicted octanol–water partition coefficient (Wildman–Crippen LogP) is 3.58. The van der Waals surface area contributed by atoms with Crippen LogP contribution in [0, 0.1) is 6.92 Å². The summed E-state index contributed by atoms with van der Waals surface area (Å²) in [7, 11) is 5.64. The average molecular weight is 322 g/mol. The van der Waals surface area contributed by atoms with Gasteiger partial charge < -0.3 is 4.74 Å². The van der Waals surface area contributed by atoms with Crippen LogP contribution in [-0.2, 0) is 4.74 Å². The maximum absolute atomic E-state index is 11.8. The zero-order valence-electron chi connectivity index (χ0n) is 14.2. The number of hydrogen-bond acceptors (Lipinski definition) is 5. The SMILES string of the molecule is CCC(=C1CCN(N(C)C)CC1)c1scc(C(=O)OC)c1C. The van der Waals surface area contributed by atoms with Gasteiger partial charge in [0.25, 0.3) is 0 Å². The molecule has 1 fully saturated rings. The molecule has 1 aliphatic rings. The molecule has 2 heterocycles. The van der Waals surface area contributed by atoms with E-state index >= 15 is 0 Å². The molecule has 0 unspecified atom stereocenters. The van der Waals surface area contributed by atoms with Gasteiger partial charge in [0.1, 0.15) is 0 Å². The van der Waals surface area contributed by atoms with Crippen molar-refractivity contribution in [3.05, 3.63) is 27.0 Å². The second-order valence-corrected chi connectivity index (χ2v) is 6.71. The van der Waals surface area contributed by atoms with E-state index in [1.54, 1.807) is 16.9 Å². The molecule has 0 amide bonds. The van der Waals surface area contributed by atoms with Gasteiger partial charge in [-0.2, -0.15) is 0 Å². The Hall–Kier alpha value is -1.17. The highest BCUT2D eigenvalue weighted by molar-refractivity contribution is 7.11. The van der Waals surface area contributed by atoms with Gasteiger partial charge in [0.15, 0.2) is 0 Å². The van der Waals surface area contributed by atoms with E-state index in [0.717, 1.165) is 37.9 Å². The number of ether oxygens (including phenoxy) is 1. The van der Waals surface area contributed by atoms with E-state index in [2.05, 4.69) is 31.0 Å². The molecule has 5 heteroatoms. The summed E-state index contributed by atoms with van der Waals surface area (Å²) in [6.07, 6.45) is 3.22. The van der Waals surface area contributed by atoms with Crippen molar-refractivity contribution in [2.75, 3.05) is 34.3 Å². The third-order valence-electron chi connectivity index (χ3n) is 4.41. The highest BCUT2D eigenvalue weighted by Gasteiger charge is 2.22. The highest BCUT2D eigenvalue weighted by Crippen LogP contribution is 2.36. The average Bonchev–Trinajstić information content (AvgIpc) is 2.90. The lowest BCUT2D eigenvalue weighted by Gasteiger charge is -2.34. The normalized spacial score (nSPS) is 16.2. The fourth-order valence-corrected chi connectivity index (χ4v) is 4.29. The molecule has 22 heavy (non-hydrogen) atoms. The topological polar surface area (TPSA) is 32.8 Å². The first kappa shape index (κ1) is 17.2. The molecule has 0 bridgehead atoms. The maximum Gasteiger partial charge on any atom is 0.338 e. The van der Waals surface area contributed by atoms with Gasteiger partial charge in [0, 0.05) is 37.4 Å². The molecule has 1 aromatic heterocycles. The molecule has 1 aromatic rings. The van der Waals surface area contributed by atoms with E-state index in [1.165, 1.54) is 17.6 Å². The quantitative estimate of drug-likeness (QED) is 0.793. The van der Waals surface area contributed by atoms with Crippen LogP contribution in [0.3, 0.4) is 0 Å². The summed E-state index contributed by atoms with van der Waals surface area (Å²) >= 11 is 1.67. The van der Waals surface area contributed by atoms with Gasteiger partial charge in [-0.05, 0) is 37.3 Å². The number of carbonyl (C=O) groups is 1. The Morgan fingerprint density at radius 3 is 2.50 bits per heavy atom. The molecule has 0 radical (unpaired) electrons. The van der Waals surface area contributed by atoms with Crippen LogP contribution >= 0.6 is 11.3 Å². The lowest BCUT2D eigenvalue weighted by atomic mass is 9.94. The molecule has 0 spiro atoms. The van der Waals surface area contributed by atoms with Crippen LogP contribution in [0.15, 0.2) is 11.0 Å². The van der Waals surface area contributed by atoms with Crippen molar-refractivity contribution in [1.82, 2.24) is 10.0 Å².